The molecule has 31 heavy (non-hydrogen) atoms. The lowest BCUT2D eigenvalue weighted by Crippen LogP contribution is -2.32. The van der Waals surface area contributed by atoms with Crippen molar-refractivity contribution < 1.29 is 24.1 Å². The molecule has 2 aliphatic rings. The van der Waals surface area contributed by atoms with Crippen molar-refractivity contribution in [3.8, 4) is 34.3 Å². The first-order chi connectivity index (χ1) is 15.2. The lowest BCUT2D eigenvalue weighted by Gasteiger charge is -2.24. The Bertz CT molecular complexity index is 1160. The molecule has 2 aliphatic heterocycles. The number of methoxy groups -OCH3 is 2. The Hall–Kier alpha value is -3.29. The maximum atomic E-state index is 9.75. The summed E-state index contributed by atoms with van der Waals surface area (Å²) in [5.41, 5.74) is 3.50. The highest BCUT2D eigenvalue weighted by Gasteiger charge is 2.24. The van der Waals surface area contributed by atoms with E-state index in [0.29, 0.717) is 23.8 Å². The summed E-state index contributed by atoms with van der Waals surface area (Å²) < 4.78 is 22.3. The van der Waals surface area contributed by atoms with Crippen molar-refractivity contribution in [2.75, 3.05) is 34.2 Å². The highest BCUT2D eigenvalue weighted by molar-refractivity contribution is 5.88. The zero-order chi connectivity index (χ0) is 21.4. The first-order valence-corrected chi connectivity index (χ1v) is 10.2. The van der Waals surface area contributed by atoms with Gasteiger partial charge in [0.15, 0.2) is 23.0 Å². The number of ether oxygens (including phenoxy) is 4. The van der Waals surface area contributed by atoms with E-state index in [9.17, 15) is 5.11 Å². The van der Waals surface area contributed by atoms with Gasteiger partial charge in [0.1, 0.15) is 0 Å². The SMILES string of the molecule is COc1cccc(-c2nc3cc4c(cc3cc2CN2CC=CC2CO)OCO4)c1OC. The van der Waals surface area contributed by atoms with Gasteiger partial charge in [-0.15, -0.1) is 0 Å². The van der Waals surface area contributed by atoms with Gasteiger partial charge in [-0.25, -0.2) is 4.98 Å². The molecule has 0 spiro atoms. The van der Waals surface area contributed by atoms with Crippen molar-refractivity contribution in [2.24, 2.45) is 0 Å². The summed E-state index contributed by atoms with van der Waals surface area (Å²) in [5.74, 6) is 2.70. The monoisotopic (exact) mass is 420 g/mol. The third-order valence-corrected chi connectivity index (χ3v) is 5.77. The van der Waals surface area contributed by atoms with Crippen LogP contribution in [0.4, 0.5) is 0 Å². The molecule has 7 nitrogen and oxygen atoms in total. The fourth-order valence-electron chi connectivity index (χ4n) is 4.22. The molecule has 160 valence electrons. The highest BCUT2D eigenvalue weighted by atomic mass is 16.7. The summed E-state index contributed by atoms with van der Waals surface area (Å²) in [5, 5.41) is 10.7. The number of aromatic nitrogens is 1. The number of nitrogens with zero attached hydrogens (tertiary/aromatic N) is 2. The molecule has 0 saturated heterocycles. The van der Waals surface area contributed by atoms with Gasteiger partial charge in [-0.05, 0) is 29.8 Å². The number of hydrogen-bond donors (Lipinski definition) is 1. The summed E-state index contributed by atoms with van der Waals surface area (Å²) in [6.45, 7) is 1.70. The van der Waals surface area contributed by atoms with E-state index in [2.05, 4.69) is 17.0 Å². The standard InChI is InChI=1S/C24H24N2O5/c1-28-20-7-3-6-18(24(20)29-2)23-16(12-26-8-4-5-17(26)13-27)9-15-10-21-22(31-14-30-21)11-19(15)25-23/h3-7,9-11,17,27H,8,12-14H2,1-2H3. The van der Waals surface area contributed by atoms with Crippen LogP contribution in [0.25, 0.3) is 22.2 Å². The minimum atomic E-state index is -0.00694. The number of pyridine rings is 1. The van der Waals surface area contributed by atoms with Gasteiger partial charge >= 0.3 is 0 Å². The molecule has 0 amide bonds. The van der Waals surface area contributed by atoms with Crippen LogP contribution in [-0.4, -0.2) is 55.2 Å². The van der Waals surface area contributed by atoms with Crippen LogP contribution in [0, 0.1) is 0 Å². The molecule has 0 bridgehead atoms. The van der Waals surface area contributed by atoms with E-state index in [1.165, 1.54) is 0 Å². The van der Waals surface area contributed by atoms with E-state index >= 15 is 0 Å². The minimum Gasteiger partial charge on any atom is -0.493 e. The van der Waals surface area contributed by atoms with Gasteiger partial charge in [0, 0.05) is 30.1 Å². The van der Waals surface area contributed by atoms with E-state index in [0.717, 1.165) is 40.0 Å². The van der Waals surface area contributed by atoms with Gasteiger partial charge in [0.2, 0.25) is 6.79 Å². The van der Waals surface area contributed by atoms with Crippen LogP contribution in [0.1, 0.15) is 5.56 Å². The van der Waals surface area contributed by atoms with Crippen LogP contribution < -0.4 is 18.9 Å². The summed E-state index contributed by atoms with van der Waals surface area (Å²) >= 11 is 0. The Morgan fingerprint density at radius 1 is 1.13 bits per heavy atom. The Kier molecular flexibility index (Phi) is 5.13. The molecule has 0 radical (unpaired) electrons. The van der Waals surface area contributed by atoms with Crippen molar-refractivity contribution in [1.82, 2.24) is 9.88 Å². The molecule has 3 heterocycles. The van der Waals surface area contributed by atoms with Crippen molar-refractivity contribution in [3.05, 3.63) is 54.1 Å². The zero-order valence-corrected chi connectivity index (χ0v) is 17.5. The van der Waals surface area contributed by atoms with E-state index in [1.807, 2.05) is 36.4 Å². The zero-order valence-electron chi connectivity index (χ0n) is 17.5. The Morgan fingerprint density at radius 3 is 2.74 bits per heavy atom. The molecule has 1 atom stereocenters. The summed E-state index contributed by atoms with van der Waals surface area (Å²) in [7, 11) is 3.26. The molecule has 5 rings (SSSR count). The van der Waals surface area contributed by atoms with Crippen LogP contribution in [-0.2, 0) is 6.54 Å². The largest absolute Gasteiger partial charge is 0.493 e. The second kappa shape index (κ2) is 8.09. The van der Waals surface area contributed by atoms with Gasteiger partial charge in [-0.3, -0.25) is 4.90 Å². The van der Waals surface area contributed by atoms with Crippen molar-refractivity contribution in [2.45, 2.75) is 12.6 Å². The third kappa shape index (κ3) is 3.45. The molecular weight excluding hydrogens is 396 g/mol. The van der Waals surface area contributed by atoms with Crippen LogP contribution >= 0.6 is 0 Å². The molecule has 1 N–H and O–H groups in total. The first kappa shape index (κ1) is 19.7. The molecule has 3 aromatic rings. The molecule has 0 aliphatic carbocycles. The quantitative estimate of drug-likeness (QED) is 0.613. The molecular formula is C24H24N2O5. The number of para-hydroxylation sites is 1. The van der Waals surface area contributed by atoms with Crippen molar-refractivity contribution in [3.63, 3.8) is 0 Å². The van der Waals surface area contributed by atoms with E-state index < -0.39 is 0 Å². The maximum absolute atomic E-state index is 9.75. The molecule has 0 fully saturated rings. The normalized spacial score (nSPS) is 17.5. The van der Waals surface area contributed by atoms with Gasteiger partial charge in [-0.2, -0.15) is 0 Å². The lowest BCUT2D eigenvalue weighted by atomic mass is 10.0. The van der Waals surface area contributed by atoms with Crippen LogP contribution in [0.15, 0.2) is 48.6 Å². The third-order valence-electron chi connectivity index (χ3n) is 5.77. The Labute approximate surface area is 180 Å². The number of hydrogen-bond acceptors (Lipinski definition) is 7. The van der Waals surface area contributed by atoms with Gasteiger partial charge in [0.05, 0.1) is 38.1 Å². The molecule has 1 aromatic heterocycles. The number of fused-ring (bicyclic) bond motifs is 2. The molecule has 1 unspecified atom stereocenters. The number of rotatable bonds is 6. The summed E-state index contributed by atoms with van der Waals surface area (Å²) in [6, 6.07) is 11.8. The van der Waals surface area contributed by atoms with Crippen LogP contribution in [0.2, 0.25) is 0 Å². The number of benzene rings is 2. The number of aliphatic hydroxyl groups excluding tert-OH is 1. The minimum absolute atomic E-state index is 0.00694. The van der Waals surface area contributed by atoms with Gasteiger partial charge in [0.25, 0.3) is 0 Å². The van der Waals surface area contributed by atoms with E-state index in [4.69, 9.17) is 23.9 Å². The fourth-order valence-corrected chi connectivity index (χ4v) is 4.22. The average molecular weight is 420 g/mol. The predicted molar refractivity (Wildman–Crippen MR) is 117 cm³/mol. The van der Waals surface area contributed by atoms with Gasteiger partial charge in [-0.1, -0.05) is 18.2 Å². The van der Waals surface area contributed by atoms with E-state index in [-0.39, 0.29) is 19.4 Å². The topological polar surface area (TPSA) is 73.3 Å². The molecule has 7 heteroatoms. The summed E-state index contributed by atoms with van der Waals surface area (Å²) in [6.07, 6.45) is 4.12. The van der Waals surface area contributed by atoms with Crippen LogP contribution in [0.3, 0.4) is 0 Å². The fraction of sp³-hybridized carbons (Fsp3) is 0.292. The second-order valence-corrected chi connectivity index (χ2v) is 7.54. The Morgan fingerprint density at radius 2 is 1.97 bits per heavy atom. The molecule has 2 aromatic carbocycles. The molecule has 0 saturated carbocycles. The smallest absolute Gasteiger partial charge is 0.231 e. The highest BCUT2D eigenvalue weighted by Crippen LogP contribution is 2.41. The van der Waals surface area contributed by atoms with Crippen LogP contribution in [0.5, 0.6) is 23.0 Å². The summed E-state index contributed by atoms with van der Waals surface area (Å²) in [4.78, 5) is 7.23. The average Bonchev–Trinajstić information content (AvgIpc) is 3.45. The maximum Gasteiger partial charge on any atom is 0.231 e. The Balaban J connectivity index is 1.69. The van der Waals surface area contributed by atoms with Crippen molar-refractivity contribution >= 4 is 10.9 Å². The van der Waals surface area contributed by atoms with Gasteiger partial charge < -0.3 is 24.1 Å². The van der Waals surface area contributed by atoms with E-state index in [1.54, 1.807) is 14.2 Å². The van der Waals surface area contributed by atoms with Crippen molar-refractivity contribution in [1.29, 1.82) is 0 Å². The first-order valence-electron chi connectivity index (χ1n) is 10.2. The second-order valence-electron chi connectivity index (χ2n) is 7.54. The predicted octanol–water partition coefficient (Wildman–Crippen LogP) is 3.38. The lowest BCUT2D eigenvalue weighted by molar-refractivity contribution is 0.169. The number of aliphatic hydroxyl groups is 1.